The molecule has 1 saturated carbocycles. The number of carboxylic acid groups (broad SMARTS) is 1. The van der Waals surface area contributed by atoms with E-state index in [4.69, 9.17) is 5.73 Å². The molecule has 17 heteroatoms. The second-order valence-corrected chi connectivity index (χ2v) is 13.9. The van der Waals surface area contributed by atoms with E-state index in [1.165, 1.54) is 27.7 Å². The van der Waals surface area contributed by atoms with Gasteiger partial charge in [0.1, 0.15) is 18.6 Å². The number of tetrazole rings is 1. The van der Waals surface area contributed by atoms with Crippen LogP contribution >= 0.6 is 11.8 Å². The van der Waals surface area contributed by atoms with E-state index < -0.39 is 47.6 Å². The number of carbonyl (C=O) groups excluding carboxylic acids is 3. The Hall–Kier alpha value is -3.12. The normalized spacial score (nSPS) is 37.4. The number of aliphatic hydroxyl groups is 2. The van der Waals surface area contributed by atoms with Crippen molar-refractivity contribution in [2.24, 2.45) is 28.9 Å². The standard InChI is InChI=1S/C26H37N9O7S/c1-11-19-18(12(2)30-17(37)7-34-10-29-31-32-34)24(40)35(19)20(25(41)42)22(11)43-13-3-16(28-5-13)23(39)33-6-14-21(38)15(27)4-26(14,8-33)9-36/h10-16,18-19,21,28,36,38H,3-9,27H2,1-2H3,(H,30,37)(H,41,42)/t11-,12-,13+,14?,15-,16+,18-,19-,21+,26+/m1/s1. The molecule has 1 aromatic rings. The lowest BCUT2D eigenvalue weighted by Crippen LogP contribution is -2.66. The van der Waals surface area contributed by atoms with Gasteiger partial charge in [-0.15, -0.1) is 16.9 Å². The molecule has 6 rings (SSSR count). The minimum absolute atomic E-state index is 0.0340. The number of likely N-dealkylation sites (tertiary alicyclic amines) is 1. The molecular weight excluding hydrogens is 582 g/mol. The molecule has 0 aromatic carbocycles. The van der Waals surface area contributed by atoms with Crippen LogP contribution in [-0.2, 0) is 25.7 Å². The van der Waals surface area contributed by atoms with Gasteiger partial charge in [-0.2, -0.15) is 0 Å². The Labute approximate surface area is 251 Å². The van der Waals surface area contributed by atoms with Gasteiger partial charge in [-0.05, 0) is 30.2 Å². The maximum atomic E-state index is 13.5. The van der Waals surface area contributed by atoms with Gasteiger partial charge in [0.05, 0.1) is 30.7 Å². The third-order valence-corrected chi connectivity index (χ3v) is 11.4. The predicted octanol–water partition coefficient (Wildman–Crippen LogP) is -3.06. The van der Waals surface area contributed by atoms with Gasteiger partial charge < -0.3 is 41.5 Å². The molecule has 234 valence electrons. The molecule has 5 heterocycles. The maximum Gasteiger partial charge on any atom is 0.353 e. The molecule has 1 unspecified atom stereocenters. The monoisotopic (exact) mass is 619 g/mol. The topological polar surface area (TPSA) is 229 Å². The number of aliphatic hydroxyl groups excluding tert-OH is 2. The van der Waals surface area contributed by atoms with E-state index >= 15 is 0 Å². The van der Waals surface area contributed by atoms with Crippen LogP contribution in [0.1, 0.15) is 26.7 Å². The largest absolute Gasteiger partial charge is 0.477 e. The van der Waals surface area contributed by atoms with Gasteiger partial charge in [-0.1, -0.05) is 6.92 Å². The van der Waals surface area contributed by atoms with Crippen LogP contribution in [0.5, 0.6) is 0 Å². The summed E-state index contributed by atoms with van der Waals surface area (Å²) in [4.78, 5) is 55.2. The van der Waals surface area contributed by atoms with Crippen LogP contribution in [-0.4, -0.2) is 131 Å². The number of hydrogen-bond acceptors (Lipinski definition) is 12. The molecule has 0 bridgehead atoms. The third kappa shape index (κ3) is 4.90. The number of aromatic nitrogens is 4. The second-order valence-electron chi connectivity index (χ2n) is 12.5. The van der Waals surface area contributed by atoms with Crippen LogP contribution in [0.15, 0.2) is 16.9 Å². The number of carboxylic acids is 1. The molecular formula is C26H37N9O7S. The molecule has 7 N–H and O–H groups in total. The van der Waals surface area contributed by atoms with Crippen LogP contribution in [0, 0.1) is 23.2 Å². The summed E-state index contributed by atoms with van der Waals surface area (Å²) in [6.07, 6.45) is 1.46. The average molecular weight is 620 g/mol. The lowest BCUT2D eigenvalue weighted by atomic mass is 9.78. The number of aliphatic carboxylic acids is 1. The summed E-state index contributed by atoms with van der Waals surface area (Å²) in [5.41, 5.74) is 5.41. The summed E-state index contributed by atoms with van der Waals surface area (Å²) in [6.45, 7) is 4.52. The lowest BCUT2D eigenvalue weighted by molar-refractivity contribution is -0.158. The molecule has 3 saturated heterocycles. The van der Waals surface area contributed by atoms with Crippen LogP contribution in [0.4, 0.5) is 0 Å². The summed E-state index contributed by atoms with van der Waals surface area (Å²) in [5.74, 6) is -3.15. The van der Waals surface area contributed by atoms with Crippen LogP contribution < -0.4 is 16.4 Å². The molecule has 1 aliphatic carbocycles. The van der Waals surface area contributed by atoms with Crippen molar-refractivity contribution in [2.75, 3.05) is 26.2 Å². The van der Waals surface area contributed by atoms with Crippen LogP contribution in [0.25, 0.3) is 0 Å². The molecule has 10 atom stereocenters. The first-order chi connectivity index (χ1) is 20.5. The SMILES string of the molecule is C[C@@H](NC(=O)Cn1cnnn1)[C@H]1C(=O)N2C(C(=O)O)=C(S[C@@H]3CN[C@H](C(=O)N4CC5[C@H](O)[C@H](N)C[C@@]5(CO)C4)C3)[C@H](C)[C@H]12. The van der Waals surface area contributed by atoms with E-state index in [1.807, 2.05) is 6.92 Å². The zero-order chi connectivity index (χ0) is 30.8. The van der Waals surface area contributed by atoms with Gasteiger partial charge in [-0.25, -0.2) is 9.48 Å². The van der Waals surface area contributed by atoms with E-state index in [2.05, 4.69) is 26.2 Å². The molecule has 0 spiro atoms. The van der Waals surface area contributed by atoms with Crippen molar-refractivity contribution in [3.63, 3.8) is 0 Å². The second kappa shape index (κ2) is 11.1. The zero-order valence-corrected chi connectivity index (χ0v) is 24.7. The van der Waals surface area contributed by atoms with Gasteiger partial charge in [0.2, 0.25) is 17.7 Å². The average Bonchev–Trinajstić information content (AvgIpc) is 3.77. The fourth-order valence-electron chi connectivity index (χ4n) is 7.83. The highest BCUT2D eigenvalue weighted by atomic mass is 32.2. The number of thioether (sulfide) groups is 1. The first kappa shape index (κ1) is 29.9. The Balaban J connectivity index is 1.09. The van der Waals surface area contributed by atoms with Crippen molar-refractivity contribution in [2.45, 2.75) is 68.8 Å². The third-order valence-electron chi connectivity index (χ3n) is 9.93. The van der Waals surface area contributed by atoms with Crippen LogP contribution in [0.2, 0.25) is 0 Å². The molecule has 4 aliphatic heterocycles. The van der Waals surface area contributed by atoms with Crippen molar-refractivity contribution < 1.29 is 34.5 Å². The number of amides is 3. The van der Waals surface area contributed by atoms with Crippen LogP contribution in [0.3, 0.4) is 0 Å². The van der Waals surface area contributed by atoms with Crippen molar-refractivity contribution >= 4 is 35.5 Å². The summed E-state index contributed by atoms with van der Waals surface area (Å²) in [6, 6.07) is -1.85. The van der Waals surface area contributed by atoms with Gasteiger partial charge in [0.15, 0.2) is 0 Å². The van der Waals surface area contributed by atoms with E-state index in [1.54, 1.807) is 11.8 Å². The van der Waals surface area contributed by atoms with Gasteiger partial charge in [-0.3, -0.25) is 14.4 Å². The van der Waals surface area contributed by atoms with Crippen molar-refractivity contribution in [1.82, 2.24) is 40.6 Å². The summed E-state index contributed by atoms with van der Waals surface area (Å²) in [5, 5.41) is 47.4. The minimum atomic E-state index is -1.19. The Morgan fingerprint density at radius 2 is 2.12 bits per heavy atom. The number of hydrogen-bond donors (Lipinski definition) is 6. The molecule has 4 fully saturated rings. The first-order valence-electron chi connectivity index (χ1n) is 14.5. The Morgan fingerprint density at radius 3 is 2.77 bits per heavy atom. The maximum absolute atomic E-state index is 13.5. The molecule has 3 amide bonds. The highest BCUT2D eigenvalue weighted by Crippen LogP contribution is 2.52. The quantitative estimate of drug-likeness (QED) is 0.151. The fraction of sp³-hybridized carbons (Fsp3) is 0.731. The molecule has 43 heavy (non-hydrogen) atoms. The lowest BCUT2D eigenvalue weighted by Gasteiger charge is -2.47. The van der Waals surface area contributed by atoms with E-state index in [0.717, 1.165) is 0 Å². The number of fused-ring (bicyclic) bond motifs is 2. The molecule has 16 nitrogen and oxygen atoms in total. The van der Waals surface area contributed by atoms with Crippen molar-refractivity contribution in [1.29, 1.82) is 0 Å². The van der Waals surface area contributed by atoms with E-state index in [0.29, 0.717) is 37.4 Å². The van der Waals surface area contributed by atoms with Gasteiger partial charge in [0.25, 0.3) is 0 Å². The van der Waals surface area contributed by atoms with Gasteiger partial charge in [0, 0.05) is 59.1 Å². The number of nitrogens with one attached hydrogen (secondary N) is 2. The van der Waals surface area contributed by atoms with Crippen molar-refractivity contribution in [3.05, 3.63) is 16.9 Å². The number of carbonyl (C=O) groups is 4. The summed E-state index contributed by atoms with van der Waals surface area (Å²) >= 11 is 1.39. The van der Waals surface area contributed by atoms with E-state index in [9.17, 15) is 34.5 Å². The Morgan fingerprint density at radius 1 is 1.35 bits per heavy atom. The fourth-order valence-corrected chi connectivity index (χ4v) is 9.31. The minimum Gasteiger partial charge on any atom is -0.477 e. The van der Waals surface area contributed by atoms with Crippen molar-refractivity contribution in [3.8, 4) is 0 Å². The number of rotatable bonds is 9. The number of nitrogens with zero attached hydrogens (tertiary/aromatic N) is 6. The Bertz CT molecular complexity index is 1340. The number of nitrogens with two attached hydrogens (primary N) is 1. The Kier molecular flexibility index (Phi) is 7.73. The molecule has 5 aliphatic rings. The highest BCUT2D eigenvalue weighted by Gasteiger charge is 2.61. The highest BCUT2D eigenvalue weighted by molar-refractivity contribution is 8.03. The zero-order valence-electron chi connectivity index (χ0n) is 23.9. The summed E-state index contributed by atoms with van der Waals surface area (Å²) in [7, 11) is 0. The van der Waals surface area contributed by atoms with E-state index in [-0.39, 0.29) is 53.7 Å². The summed E-state index contributed by atoms with van der Waals surface area (Å²) < 4.78 is 1.26. The molecule has 1 aromatic heterocycles. The smallest absolute Gasteiger partial charge is 0.353 e. The number of β-lactam (4-membered cyclic amide) rings is 1. The van der Waals surface area contributed by atoms with Gasteiger partial charge >= 0.3 is 5.97 Å². The predicted molar refractivity (Wildman–Crippen MR) is 149 cm³/mol. The first-order valence-corrected chi connectivity index (χ1v) is 15.4. The molecule has 0 radical (unpaired) electrons.